The fourth-order valence-electron chi connectivity index (χ4n) is 4.19. The quantitative estimate of drug-likeness (QED) is 0.505. The highest BCUT2D eigenvalue weighted by molar-refractivity contribution is 6.10. The molecule has 1 aliphatic heterocycles. The number of carbonyl (C=O) groups is 1. The zero-order valence-electron chi connectivity index (χ0n) is 17.3. The number of benzene rings is 2. The zero-order valence-corrected chi connectivity index (χ0v) is 17.3. The Labute approximate surface area is 180 Å². The predicted octanol–water partition coefficient (Wildman–Crippen LogP) is 4.26. The van der Waals surface area contributed by atoms with Crippen molar-refractivity contribution in [3.63, 3.8) is 0 Å². The number of rotatable bonds is 2. The van der Waals surface area contributed by atoms with Gasteiger partial charge in [0, 0.05) is 30.2 Å². The molecule has 5 rings (SSSR count). The molecular weight excluding hydrogens is 421 g/mol. The lowest BCUT2D eigenvalue weighted by Gasteiger charge is -2.32. The number of amides is 1. The lowest BCUT2D eigenvalue weighted by Crippen LogP contribution is -2.42. The number of hydrogen-bond donors (Lipinski definition) is 1. The SMILES string of the molecule is C[C@H]1CN(c2ccc(C(F)(F)F)cc2)C(=O)c2c(-c3ccc4c(c3)c(N)nn4C)cnn21. The smallest absolute Gasteiger partial charge is 0.382 e. The van der Waals surface area contributed by atoms with Gasteiger partial charge in [-0.2, -0.15) is 23.4 Å². The Morgan fingerprint density at radius 1 is 1.12 bits per heavy atom. The molecule has 10 heteroatoms. The minimum atomic E-state index is -4.43. The molecule has 0 fully saturated rings. The van der Waals surface area contributed by atoms with Gasteiger partial charge in [-0.1, -0.05) is 6.07 Å². The van der Waals surface area contributed by atoms with Crippen molar-refractivity contribution in [3.05, 3.63) is 59.9 Å². The second kappa shape index (κ2) is 6.84. The summed E-state index contributed by atoms with van der Waals surface area (Å²) < 4.78 is 42.1. The standard InChI is InChI=1S/C22H19F3N6O/c1-12-11-30(15-6-4-14(5-7-15)22(23,24)25)21(32)19-17(10-27-31(12)19)13-3-8-18-16(9-13)20(26)28-29(18)2/h3-10,12H,11H2,1-2H3,(H2,26,28)/t12-/m0/s1. The topological polar surface area (TPSA) is 82.0 Å². The van der Waals surface area contributed by atoms with Crippen molar-refractivity contribution in [2.24, 2.45) is 7.05 Å². The molecular formula is C22H19F3N6O. The Kier molecular flexibility index (Phi) is 4.30. The number of nitrogens with zero attached hydrogens (tertiary/aromatic N) is 5. The number of halogens is 3. The van der Waals surface area contributed by atoms with Crippen molar-refractivity contribution >= 4 is 28.3 Å². The summed E-state index contributed by atoms with van der Waals surface area (Å²) in [6.07, 6.45) is -2.80. The molecule has 0 bridgehead atoms. The van der Waals surface area contributed by atoms with Crippen LogP contribution in [0.25, 0.3) is 22.0 Å². The maximum Gasteiger partial charge on any atom is 0.416 e. The second-order valence-electron chi connectivity index (χ2n) is 7.90. The van der Waals surface area contributed by atoms with E-state index in [9.17, 15) is 18.0 Å². The summed E-state index contributed by atoms with van der Waals surface area (Å²) >= 11 is 0. The minimum absolute atomic E-state index is 0.161. The number of nitrogen functional groups attached to an aromatic ring is 1. The van der Waals surface area contributed by atoms with Crippen molar-refractivity contribution in [1.82, 2.24) is 19.6 Å². The molecule has 0 spiro atoms. The Morgan fingerprint density at radius 2 is 1.84 bits per heavy atom. The van der Waals surface area contributed by atoms with Crippen molar-refractivity contribution in [2.45, 2.75) is 19.1 Å². The first-order valence-corrected chi connectivity index (χ1v) is 9.94. The van der Waals surface area contributed by atoms with E-state index in [1.165, 1.54) is 17.0 Å². The Bertz CT molecular complexity index is 1350. The first kappa shape index (κ1) is 20.1. The van der Waals surface area contributed by atoms with E-state index in [-0.39, 0.29) is 11.9 Å². The molecule has 2 N–H and O–H groups in total. The van der Waals surface area contributed by atoms with Gasteiger partial charge >= 0.3 is 6.18 Å². The van der Waals surface area contributed by atoms with Crippen molar-refractivity contribution in [2.75, 3.05) is 17.2 Å². The average molecular weight is 440 g/mol. The molecule has 4 aromatic rings. The summed E-state index contributed by atoms with van der Waals surface area (Å²) in [5.41, 5.74) is 8.29. The van der Waals surface area contributed by atoms with Crippen LogP contribution in [0, 0.1) is 0 Å². The molecule has 0 unspecified atom stereocenters. The highest BCUT2D eigenvalue weighted by Gasteiger charge is 2.35. The highest BCUT2D eigenvalue weighted by atomic mass is 19.4. The number of alkyl halides is 3. The van der Waals surface area contributed by atoms with E-state index < -0.39 is 11.7 Å². The number of fused-ring (bicyclic) bond motifs is 2. The fraction of sp³-hybridized carbons (Fsp3) is 0.227. The van der Waals surface area contributed by atoms with E-state index in [1.54, 1.807) is 22.6 Å². The van der Waals surface area contributed by atoms with Crippen LogP contribution in [-0.2, 0) is 13.2 Å². The number of hydrogen-bond acceptors (Lipinski definition) is 4. The molecule has 0 saturated carbocycles. The van der Waals surface area contributed by atoms with Gasteiger partial charge in [-0.3, -0.25) is 14.2 Å². The van der Waals surface area contributed by atoms with Gasteiger partial charge in [-0.25, -0.2) is 0 Å². The van der Waals surface area contributed by atoms with Crippen LogP contribution in [-0.4, -0.2) is 32.0 Å². The molecule has 2 aromatic heterocycles. The van der Waals surface area contributed by atoms with E-state index >= 15 is 0 Å². The van der Waals surface area contributed by atoms with Crippen LogP contribution in [0.4, 0.5) is 24.7 Å². The van der Waals surface area contributed by atoms with Gasteiger partial charge in [-0.05, 0) is 48.9 Å². The normalized spacial score (nSPS) is 16.6. The molecule has 32 heavy (non-hydrogen) atoms. The summed E-state index contributed by atoms with van der Waals surface area (Å²) in [5, 5.41) is 9.40. The third kappa shape index (κ3) is 3.02. The zero-order chi connectivity index (χ0) is 22.8. The molecule has 164 valence electrons. The van der Waals surface area contributed by atoms with E-state index in [2.05, 4.69) is 10.2 Å². The van der Waals surface area contributed by atoms with Gasteiger partial charge in [-0.15, -0.1) is 0 Å². The molecule has 7 nitrogen and oxygen atoms in total. The number of nitrogens with two attached hydrogens (primary N) is 1. The first-order valence-electron chi connectivity index (χ1n) is 9.94. The molecule has 0 radical (unpaired) electrons. The Morgan fingerprint density at radius 3 is 2.53 bits per heavy atom. The molecule has 1 atom stereocenters. The first-order chi connectivity index (χ1) is 15.1. The maximum absolute atomic E-state index is 13.4. The maximum atomic E-state index is 13.4. The number of anilines is 2. The third-order valence-electron chi connectivity index (χ3n) is 5.80. The molecule has 0 aliphatic carbocycles. The number of aryl methyl sites for hydroxylation is 1. The van der Waals surface area contributed by atoms with E-state index in [0.717, 1.165) is 28.6 Å². The monoisotopic (exact) mass is 440 g/mol. The summed E-state index contributed by atoms with van der Waals surface area (Å²) in [6.45, 7) is 2.21. The summed E-state index contributed by atoms with van der Waals surface area (Å²) in [7, 11) is 1.80. The van der Waals surface area contributed by atoms with E-state index in [0.29, 0.717) is 29.3 Å². The number of aromatic nitrogens is 4. The molecule has 0 saturated heterocycles. The van der Waals surface area contributed by atoms with Crippen LogP contribution in [0.3, 0.4) is 0 Å². The lowest BCUT2D eigenvalue weighted by molar-refractivity contribution is -0.137. The number of carbonyl (C=O) groups excluding carboxylic acids is 1. The molecule has 2 aromatic carbocycles. The van der Waals surface area contributed by atoms with Crippen LogP contribution in [0.1, 0.15) is 29.0 Å². The molecule has 1 amide bonds. The fourth-order valence-corrected chi connectivity index (χ4v) is 4.19. The lowest BCUT2D eigenvalue weighted by atomic mass is 10.0. The summed E-state index contributed by atoms with van der Waals surface area (Å²) in [5.74, 6) is 0.0612. The van der Waals surface area contributed by atoms with Crippen molar-refractivity contribution < 1.29 is 18.0 Å². The van der Waals surface area contributed by atoms with Gasteiger partial charge in [0.05, 0.1) is 23.3 Å². The second-order valence-corrected chi connectivity index (χ2v) is 7.90. The average Bonchev–Trinajstić information content (AvgIpc) is 3.32. The van der Waals surface area contributed by atoms with Crippen LogP contribution in [0.15, 0.2) is 48.7 Å². The van der Waals surface area contributed by atoms with Gasteiger partial charge in [0.1, 0.15) is 5.69 Å². The third-order valence-corrected chi connectivity index (χ3v) is 5.80. The van der Waals surface area contributed by atoms with Gasteiger partial charge in [0.15, 0.2) is 5.82 Å². The van der Waals surface area contributed by atoms with Crippen LogP contribution in [0.5, 0.6) is 0 Å². The van der Waals surface area contributed by atoms with Gasteiger partial charge < -0.3 is 10.6 Å². The predicted molar refractivity (Wildman–Crippen MR) is 114 cm³/mol. The van der Waals surface area contributed by atoms with Crippen LogP contribution < -0.4 is 10.6 Å². The minimum Gasteiger partial charge on any atom is -0.382 e. The highest BCUT2D eigenvalue weighted by Crippen LogP contribution is 2.36. The van der Waals surface area contributed by atoms with Crippen molar-refractivity contribution in [1.29, 1.82) is 0 Å². The Hall–Kier alpha value is -3.82. The summed E-state index contributed by atoms with van der Waals surface area (Å²) in [6, 6.07) is 10.1. The van der Waals surface area contributed by atoms with Crippen molar-refractivity contribution in [3.8, 4) is 11.1 Å². The van der Waals surface area contributed by atoms with Crippen LogP contribution >= 0.6 is 0 Å². The molecule has 1 aliphatic rings. The Balaban J connectivity index is 1.57. The van der Waals surface area contributed by atoms with Gasteiger partial charge in [0.2, 0.25) is 0 Å². The summed E-state index contributed by atoms with van der Waals surface area (Å²) in [4.78, 5) is 14.9. The van der Waals surface area contributed by atoms with Crippen LogP contribution in [0.2, 0.25) is 0 Å². The van der Waals surface area contributed by atoms with E-state index in [4.69, 9.17) is 5.73 Å². The molecule has 3 heterocycles. The van der Waals surface area contributed by atoms with Gasteiger partial charge in [0.25, 0.3) is 5.91 Å². The largest absolute Gasteiger partial charge is 0.416 e. The van der Waals surface area contributed by atoms with E-state index in [1.807, 2.05) is 25.1 Å².